The van der Waals surface area contributed by atoms with Crippen LogP contribution in [0.1, 0.15) is 29.4 Å². The lowest BCUT2D eigenvalue weighted by Crippen LogP contribution is -2.58. The van der Waals surface area contributed by atoms with Crippen LogP contribution in [0.2, 0.25) is 0 Å². The fourth-order valence-electron chi connectivity index (χ4n) is 2.97. The van der Waals surface area contributed by atoms with E-state index in [0.717, 1.165) is 0 Å². The third-order valence-corrected chi connectivity index (χ3v) is 7.50. The zero-order valence-corrected chi connectivity index (χ0v) is 16.1. The topological polar surface area (TPSA) is 84.9 Å². The fourth-order valence-corrected chi connectivity index (χ4v) is 5.86. The summed E-state index contributed by atoms with van der Waals surface area (Å²) < 4.78 is 11.2. The normalized spacial score (nSPS) is 20.3. The second kappa shape index (κ2) is 9.01. The van der Waals surface area contributed by atoms with E-state index in [-0.39, 0.29) is 19.4 Å². The Morgan fingerprint density at radius 1 is 1.19 bits per heavy atom. The molecule has 26 heavy (non-hydrogen) atoms. The number of carbonyl (C=O) groups excluding carboxylic acids is 1. The molecular formula is C18H23NO5S2. The molecule has 0 aromatic heterocycles. The monoisotopic (exact) mass is 397 g/mol. The van der Waals surface area contributed by atoms with Crippen LogP contribution in [0.15, 0.2) is 24.3 Å². The molecule has 6 nitrogen and oxygen atoms in total. The van der Waals surface area contributed by atoms with Gasteiger partial charge in [0.2, 0.25) is 0 Å². The largest absolute Gasteiger partial charge is 0.484 e. The molecule has 0 unspecified atom stereocenters. The van der Waals surface area contributed by atoms with Gasteiger partial charge < -0.3 is 19.9 Å². The zero-order chi connectivity index (χ0) is 18.4. The standard InChI is InChI=1S/C18H23NO5S2/c20-15(19-18(17(21)22)6-8-23-9-7-18)12-24-14-4-2-13(3-5-14)16-25-10-1-11-26-16/h2-5,16H,1,6-12H2,(H,19,20)(H,21,22). The molecule has 0 radical (unpaired) electrons. The first-order chi connectivity index (χ1) is 12.6. The number of carboxylic acid groups (broad SMARTS) is 1. The van der Waals surface area contributed by atoms with Gasteiger partial charge in [0, 0.05) is 26.1 Å². The second-order valence-corrected chi connectivity index (χ2v) is 9.06. The fraction of sp³-hybridized carbons (Fsp3) is 0.556. The number of aliphatic carboxylic acids is 1. The van der Waals surface area contributed by atoms with E-state index in [2.05, 4.69) is 5.32 Å². The SMILES string of the molecule is O=C(COc1ccc(C2SCCCS2)cc1)NC1(C(=O)O)CCOCC1. The van der Waals surface area contributed by atoms with Crippen LogP contribution < -0.4 is 10.1 Å². The molecular weight excluding hydrogens is 374 g/mol. The summed E-state index contributed by atoms with van der Waals surface area (Å²) >= 11 is 3.91. The summed E-state index contributed by atoms with van der Waals surface area (Å²) in [5.41, 5.74) is 0.00127. The Morgan fingerprint density at radius 3 is 2.46 bits per heavy atom. The molecule has 0 bridgehead atoms. The van der Waals surface area contributed by atoms with Crippen LogP contribution in [0.25, 0.3) is 0 Å². The molecule has 2 aliphatic heterocycles. The Hall–Kier alpha value is -1.38. The van der Waals surface area contributed by atoms with E-state index < -0.39 is 17.4 Å². The maximum atomic E-state index is 12.2. The molecule has 2 N–H and O–H groups in total. The van der Waals surface area contributed by atoms with Crippen molar-refractivity contribution in [2.75, 3.05) is 31.3 Å². The van der Waals surface area contributed by atoms with Crippen molar-refractivity contribution >= 4 is 35.4 Å². The molecule has 1 aromatic rings. The molecule has 1 aromatic carbocycles. The van der Waals surface area contributed by atoms with Crippen LogP contribution in [0.4, 0.5) is 0 Å². The number of hydrogen-bond donors (Lipinski definition) is 2. The lowest BCUT2D eigenvalue weighted by molar-refractivity contribution is -0.152. The summed E-state index contributed by atoms with van der Waals surface area (Å²) in [4.78, 5) is 23.7. The van der Waals surface area contributed by atoms with Gasteiger partial charge in [-0.1, -0.05) is 12.1 Å². The second-order valence-electron chi connectivity index (χ2n) is 6.33. The zero-order valence-electron chi connectivity index (χ0n) is 14.4. The van der Waals surface area contributed by atoms with Crippen LogP contribution in [0.3, 0.4) is 0 Å². The summed E-state index contributed by atoms with van der Waals surface area (Å²) in [5, 5.41) is 12.1. The van der Waals surface area contributed by atoms with Crippen LogP contribution >= 0.6 is 23.5 Å². The van der Waals surface area contributed by atoms with Crippen LogP contribution in [0.5, 0.6) is 5.75 Å². The highest BCUT2D eigenvalue weighted by Gasteiger charge is 2.41. The highest BCUT2D eigenvalue weighted by atomic mass is 32.2. The van der Waals surface area contributed by atoms with Crippen LogP contribution in [-0.4, -0.2) is 53.8 Å². The van der Waals surface area contributed by atoms with E-state index in [9.17, 15) is 14.7 Å². The Labute approximate surface area is 161 Å². The van der Waals surface area contributed by atoms with E-state index in [1.807, 2.05) is 47.8 Å². The van der Waals surface area contributed by atoms with Crippen molar-refractivity contribution in [1.82, 2.24) is 5.32 Å². The molecule has 0 saturated carbocycles. The molecule has 142 valence electrons. The van der Waals surface area contributed by atoms with Gasteiger partial charge in [-0.3, -0.25) is 4.79 Å². The third-order valence-electron chi connectivity index (χ3n) is 4.48. The minimum absolute atomic E-state index is 0.206. The average Bonchev–Trinajstić information content (AvgIpc) is 2.68. The average molecular weight is 398 g/mol. The number of ether oxygens (including phenoxy) is 2. The van der Waals surface area contributed by atoms with Crippen LogP contribution in [0, 0.1) is 0 Å². The molecule has 2 heterocycles. The molecule has 0 aliphatic carbocycles. The molecule has 0 atom stereocenters. The summed E-state index contributed by atoms with van der Waals surface area (Å²) in [6.45, 7) is 0.445. The molecule has 8 heteroatoms. The first kappa shape index (κ1) is 19.4. The molecule has 2 saturated heterocycles. The van der Waals surface area contributed by atoms with Gasteiger partial charge in [-0.05, 0) is 35.6 Å². The maximum absolute atomic E-state index is 12.2. The first-order valence-corrected chi connectivity index (χ1v) is 10.8. The van der Waals surface area contributed by atoms with Crippen molar-refractivity contribution in [1.29, 1.82) is 0 Å². The van der Waals surface area contributed by atoms with Crippen molar-refractivity contribution in [2.45, 2.75) is 29.4 Å². The summed E-state index contributed by atoms with van der Waals surface area (Å²) in [6.07, 6.45) is 1.78. The van der Waals surface area contributed by atoms with Gasteiger partial charge in [-0.15, -0.1) is 23.5 Å². The number of benzene rings is 1. The lowest BCUT2D eigenvalue weighted by Gasteiger charge is -2.33. The lowest BCUT2D eigenvalue weighted by atomic mass is 9.90. The Kier molecular flexibility index (Phi) is 6.72. The predicted octanol–water partition coefficient (Wildman–Crippen LogP) is 2.68. The van der Waals surface area contributed by atoms with E-state index >= 15 is 0 Å². The van der Waals surface area contributed by atoms with Gasteiger partial charge in [0.05, 0.1) is 4.58 Å². The number of nitrogens with one attached hydrogen (secondary N) is 1. The number of amides is 1. The molecule has 2 aliphatic rings. The minimum atomic E-state index is -1.25. The molecule has 2 fully saturated rings. The van der Waals surface area contributed by atoms with Gasteiger partial charge in [0.15, 0.2) is 6.61 Å². The Morgan fingerprint density at radius 2 is 1.85 bits per heavy atom. The van der Waals surface area contributed by atoms with Gasteiger partial charge in [-0.2, -0.15) is 0 Å². The highest BCUT2D eigenvalue weighted by Crippen LogP contribution is 2.43. The van der Waals surface area contributed by atoms with E-state index in [4.69, 9.17) is 9.47 Å². The number of carbonyl (C=O) groups is 2. The summed E-state index contributed by atoms with van der Waals surface area (Å²) in [7, 11) is 0. The predicted molar refractivity (Wildman–Crippen MR) is 103 cm³/mol. The van der Waals surface area contributed by atoms with Gasteiger partial charge >= 0.3 is 5.97 Å². The number of rotatable bonds is 6. The van der Waals surface area contributed by atoms with Crippen molar-refractivity contribution in [2.24, 2.45) is 0 Å². The molecule has 1 amide bonds. The number of carboxylic acids is 1. The van der Waals surface area contributed by atoms with Crippen LogP contribution in [-0.2, 0) is 14.3 Å². The van der Waals surface area contributed by atoms with E-state index in [0.29, 0.717) is 23.5 Å². The highest BCUT2D eigenvalue weighted by molar-refractivity contribution is 8.16. The van der Waals surface area contributed by atoms with Crippen molar-refractivity contribution < 1.29 is 24.2 Å². The smallest absolute Gasteiger partial charge is 0.329 e. The van der Waals surface area contributed by atoms with Gasteiger partial charge in [0.1, 0.15) is 11.3 Å². The minimum Gasteiger partial charge on any atom is -0.484 e. The number of hydrogen-bond acceptors (Lipinski definition) is 6. The Bertz CT molecular complexity index is 625. The summed E-state index contributed by atoms with van der Waals surface area (Å²) in [6, 6.07) is 7.78. The Balaban J connectivity index is 1.51. The van der Waals surface area contributed by atoms with E-state index in [1.165, 1.54) is 23.5 Å². The first-order valence-electron chi connectivity index (χ1n) is 8.67. The van der Waals surface area contributed by atoms with Crippen molar-refractivity contribution in [3.63, 3.8) is 0 Å². The van der Waals surface area contributed by atoms with E-state index in [1.54, 1.807) is 0 Å². The molecule has 3 rings (SSSR count). The van der Waals surface area contributed by atoms with Gasteiger partial charge in [-0.25, -0.2) is 4.79 Å². The van der Waals surface area contributed by atoms with Gasteiger partial charge in [0.25, 0.3) is 5.91 Å². The van der Waals surface area contributed by atoms with Crippen molar-refractivity contribution in [3.05, 3.63) is 29.8 Å². The third kappa shape index (κ3) is 4.86. The number of thioether (sulfide) groups is 2. The maximum Gasteiger partial charge on any atom is 0.329 e. The molecule has 0 spiro atoms. The quantitative estimate of drug-likeness (QED) is 0.763. The van der Waals surface area contributed by atoms with Crippen molar-refractivity contribution in [3.8, 4) is 5.75 Å². The summed E-state index contributed by atoms with van der Waals surface area (Å²) in [5.74, 6) is 1.52.